The van der Waals surface area contributed by atoms with Crippen LogP contribution in [0.25, 0.3) is 0 Å². The Morgan fingerprint density at radius 1 is 1.57 bits per heavy atom. The highest BCUT2D eigenvalue weighted by Crippen LogP contribution is 2.13. The van der Waals surface area contributed by atoms with E-state index in [0.29, 0.717) is 10.9 Å². The molecule has 14 heavy (non-hydrogen) atoms. The fraction of sp³-hybridized carbons (Fsp3) is 0.571. The van der Waals surface area contributed by atoms with E-state index in [9.17, 15) is 8.42 Å². The molecule has 0 spiro atoms. The predicted octanol–water partition coefficient (Wildman–Crippen LogP) is 1.10. The molecule has 0 unspecified atom stereocenters. The van der Waals surface area contributed by atoms with Gasteiger partial charge in [-0.2, -0.15) is 0 Å². The number of primary sulfonamides is 1. The zero-order chi connectivity index (χ0) is 10.6. The lowest BCUT2D eigenvalue weighted by molar-refractivity contribution is 0.597. The van der Waals surface area contributed by atoms with Crippen LogP contribution in [0.3, 0.4) is 0 Å². The fourth-order valence-corrected chi connectivity index (χ4v) is 2.87. The Hall–Kier alpha value is -0.170. The normalized spacial score (nSPS) is 11.9. The molecule has 0 aliphatic rings. The summed E-state index contributed by atoms with van der Waals surface area (Å²) in [4.78, 5) is 4.13. The molecule has 0 bridgehead atoms. The number of halogens is 1. The number of thiazole rings is 1. The lowest BCUT2D eigenvalue weighted by atomic mass is 10.3. The average Bonchev–Trinajstić information content (AvgIpc) is 2.46. The van der Waals surface area contributed by atoms with E-state index in [4.69, 9.17) is 16.7 Å². The maximum Gasteiger partial charge on any atom is 0.215 e. The maximum atomic E-state index is 10.7. The van der Waals surface area contributed by atoms with E-state index < -0.39 is 10.0 Å². The van der Waals surface area contributed by atoms with Crippen molar-refractivity contribution in [3.8, 4) is 0 Å². The summed E-state index contributed by atoms with van der Waals surface area (Å²) >= 11 is 6.84. The van der Waals surface area contributed by atoms with Crippen LogP contribution in [0.15, 0.2) is 5.38 Å². The highest BCUT2D eigenvalue weighted by molar-refractivity contribution is 7.88. The molecular formula is C7H11ClN2O2S2. The summed E-state index contributed by atoms with van der Waals surface area (Å²) in [5.41, 5.74) is 0.884. The molecular weight excluding hydrogens is 244 g/mol. The third-order valence-corrected chi connectivity index (χ3v) is 3.51. The van der Waals surface area contributed by atoms with Crippen LogP contribution in [-0.2, 0) is 22.2 Å². The number of hydrogen-bond acceptors (Lipinski definition) is 4. The van der Waals surface area contributed by atoms with Crippen molar-refractivity contribution in [1.82, 2.24) is 4.98 Å². The van der Waals surface area contributed by atoms with Gasteiger partial charge in [0.15, 0.2) is 0 Å². The molecule has 1 heterocycles. The number of aromatic nitrogens is 1. The molecule has 0 radical (unpaired) electrons. The molecule has 0 aliphatic heterocycles. The summed E-state index contributed by atoms with van der Waals surface area (Å²) in [7, 11) is -3.46. The van der Waals surface area contributed by atoms with Crippen LogP contribution in [0.5, 0.6) is 0 Å². The highest BCUT2D eigenvalue weighted by atomic mass is 35.5. The first-order chi connectivity index (χ1) is 6.51. The molecule has 1 aromatic heterocycles. The Morgan fingerprint density at radius 2 is 2.29 bits per heavy atom. The zero-order valence-electron chi connectivity index (χ0n) is 7.44. The number of aryl methyl sites for hydroxylation is 1. The van der Waals surface area contributed by atoms with Crippen molar-refractivity contribution in [2.75, 3.05) is 5.88 Å². The SMILES string of the molecule is NS(=O)(=O)Cc1nc(CCCCl)cs1. The first kappa shape index (κ1) is 11.9. The van der Waals surface area contributed by atoms with E-state index in [1.165, 1.54) is 11.3 Å². The minimum absolute atomic E-state index is 0.182. The molecule has 0 aliphatic carbocycles. The second-order valence-electron chi connectivity index (χ2n) is 2.83. The Labute approximate surface area is 92.2 Å². The summed E-state index contributed by atoms with van der Waals surface area (Å²) in [5.74, 6) is 0.403. The third-order valence-electron chi connectivity index (χ3n) is 1.49. The first-order valence-corrected chi connectivity index (χ1v) is 7.14. The number of rotatable bonds is 5. The largest absolute Gasteiger partial charge is 0.245 e. The van der Waals surface area contributed by atoms with Gasteiger partial charge >= 0.3 is 0 Å². The fourth-order valence-electron chi connectivity index (χ4n) is 0.950. The van der Waals surface area contributed by atoms with E-state index in [0.717, 1.165) is 18.5 Å². The minimum Gasteiger partial charge on any atom is -0.245 e. The smallest absolute Gasteiger partial charge is 0.215 e. The van der Waals surface area contributed by atoms with E-state index in [1.54, 1.807) is 0 Å². The van der Waals surface area contributed by atoms with Gasteiger partial charge in [0.2, 0.25) is 10.0 Å². The molecule has 2 N–H and O–H groups in total. The van der Waals surface area contributed by atoms with Crippen molar-refractivity contribution in [2.45, 2.75) is 18.6 Å². The van der Waals surface area contributed by atoms with E-state index in [1.807, 2.05) is 5.38 Å². The van der Waals surface area contributed by atoms with Crippen LogP contribution < -0.4 is 5.14 Å². The summed E-state index contributed by atoms with van der Waals surface area (Å²) in [6, 6.07) is 0. The number of sulfonamides is 1. The predicted molar refractivity (Wildman–Crippen MR) is 58.0 cm³/mol. The van der Waals surface area contributed by atoms with Gasteiger partial charge in [0.25, 0.3) is 0 Å². The summed E-state index contributed by atoms with van der Waals surface area (Å²) in [6.45, 7) is 0. The summed E-state index contributed by atoms with van der Waals surface area (Å²) < 4.78 is 21.5. The van der Waals surface area contributed by atoms with Gasteiger partial charge in [0.1, 0.15) is 10.8 Å². The molecule has 0 saturated carbocycles. The molecule has 0 aromatic carbocycles. The van der Waals surface area contributed by atoms with Crippen molar-refractivity contribution in [2.24, 2.45) is 5.14 Å². The number of nitrogens with zero attached hydrogens (tertiary/aromatic N) is 1. The van der Waals surface area contributed by atoms with Crippen LogP contribution in [0.1, 0.15) is 17.1 Å². The highest BCUT2D eigenvalue weighted by Gasteiger charge is 2.09. The van der Waals surface area contributed by atoms with Gasteiger partial charge in [0.05, 0.1) is 5.69 Å². The van der Waals surface area contributed by atoms with Crippen molar-refractivity contribution in [3.05, 3.63) is 16.1 Å². The van der Waals surface area contributed by atoms with Gasteiger partial charge in [-0.3, -0.25) is 0 Å². The molecule has 0 fully saturated rings. The van der Waals surface area contributed by atoms with E-state index >= 15 is 0 Å². The Bertz CT molecular complexity index is 388. The molecule has 7 heteroatoms. The molecule has 0 saturated heterocycles. The van der Waals surface area contributed by atoms with Gasteiger partial charge in [-0.15, -0.1) is 22.9 Å². The molecule has 0 amide bonds. The number of nitrogens with two attached hydrogens (primary N) is 1. The van der Waals surface area contributed by atoms with Crippen LogP contribution >= 0.6 is 22.9 Å². The van der Waals surface area contributed by atoms with Crippen LogP contribution in [0, 0.1) is 0 Å². The lowest BCUT2D eigenvalue weighted by Gasteiger charge is -1.92. The summed E-state index contributed by atoms with van der Waals surface area (Å²) in [5, 5.41) is 7.27. The molecule has 0 atom stereocenters. The van der Waals surface area contributed by atoms with Gasteiger partial charge < -0.3 is 0 Å². The molecule has 1 aromatic rings. The van der Waals surface area contributed by atoms with Gasteiger partial charge in [-0.1, -0.05) is 0 Å². The monoisotopic (exact) mass is 254 g/mol. The molecule has 4 nitrogen and oxygen atoms in total. The zero-order valence-corrected chi connectivity index (χ0v) is 9.83. The second-order valence-corrected chi connectivity index (χ2v) is 5.77. The first-order valence-electron chi connectivity index (χ1n) is 4.01. The van der Waals surface area contributed by atoms with Gasteiger partial charge in [0, 0.05) is 11.3 Å². The van der Waals surface area contributed by atoms with Crippen molar-refractivity contribution in [1.29, 1.82) is 0 Å². The maximum absolute atomic E-state index is 10.7. The van der Waals surface area contributed by atoms with E-state index in [2.05, 4.69) is 4.98 Å². The van der Waals surface area contributed by atoms with Gasteiger partial charge in [-0.25, -0.2) is 18.5 Å². The van der Waals surface area contributed by atoms with Gasteiger partial charge in [-0.05, 0) is 12.8 Å². The van der Waals surface area contributed by atoms with Crippen molar-refractivity contribution in [3.63, 3.8) is 0 Å². The molecule has 1 rings (SSSR count). The van der Waals surface area contributed by atoms with Crippen molar-refractivity contribution < 1.29 is 8.42 Å². The van der Waals surface area contributed by atoms with Crippen LogP contribution in [-0.4, -0.2) is 19.3 Å². The standard InChI is InChI=1S/C7H11ClN2O2S2/c8-3-1-2-6-4-13-7(10-6)5-14(9,11)12/h4H,1-3,5H2,(H2,9,11,12). The average molecular weight is 255 g/mol. The lowest BCUT2D eigenvalue weighted by Crippen LogP contribution is -2.14. The third kappa shape index (κ3) is 4.36. The van der Waals surface area contributed by atoms with E-state index in [-0.39, 0.29) is 5.75 Å². The number of alkyl halides is 1. The van der Waals surface area contributed by atoms with Crippen LogP contribution in [0.4, 0.5) is 0 Å². The Balaban J connectivity index is 2.59. The second kappa shape index (κ2) is 5.06. The minimum atomic E-state index is -3.46. The number of hydrogen-bond donors (Lipinski definition) is 1. The Morgan fingerprint density at radius 3 is 2.86 bits per heavy atom. The summed E-state index contributed by atoms with van der Waals surface area (Å²) in [6.07, 6.45) is 1.63. The Kier molecular flexibility index (Phi) is 4.31. The van der Waals surface area contributed by atoms with Crippen LogP contribution in [0.2, 0.25) is 0 Å². The molecule has 80 valence electrons. The quantitative estimate of drug-likeness (QED) is 0.800. The topological polar surface area (TPSA) is 73.1 Å². The van der Waals surface area contributed by atoms with Crippen molar-refractivity contribution >= 4 is 33.0 Å².